The number of nitrogens with zero attached hydrogens (tertiary/aromatic N) is 2. The van der Waals surface area contributed by atoms with Gasteiger partial charge in [0, 0.05) is 45.5 Å². The lowest BCUT2D eigenvalue weighted by Gasteiger charge is -2.34. The van der Waals surface area contributed by atoms with Crippen molar-refractivity contribution in [2.75, 3.05) is 64.8 Å². The molecule has 28 heavy (non-hydrogen) atoms. The lowest BCUT2D eigenvalue weighted by molar-refractivity contribution is -0.123. The van der Waals surface area contributed by atoms with Crippen molar-refractivity contribution in [2.24, 2.45) is 0 Å². The highest BCUT2D eigenvalue weighted by Crippen LogP contribution is 2.29. The van der Waals surface area contributed by atoms with Gasteiger partial charge in [0.1, 0.15) is 0 Å². The first-order chi connectivity index (χ1) is 13.3. The van der Waals surface area contributed by atoms with Gasteiger partial charge in [-0.25, -0.2) is 0 Å². The maximum atomic E-state index is 12.5. The molecule has 0 bridgehead atoms. The molecule has 0 atom stereocenters. The van der Waals surface area contributed by atoms with Crippen LogP contribution in [0.15, 0.2) is 24.3 Å². The Kier molecular flexibility index (Phi) is 8.41. The highest BCUT2D eigenvalue weighted by atomic mass is 16.5. The van der Waals surface area contributed by atoms with Crippen molar-refractivity contribution in [2.45, 2.75) is 26.2 Å². The lowest BCUT2D eigenvalue weighted by Crippen LogP contribution is -2.51. The van der Waals surface area contributed by atoms with Crippen molar-refractivity contribution in [3.8, 4) is 0 Å². The van der Waals surface area contributed by atoms with E-state index in [-0.39, 0.29) is 17.2 Å². The number of hydrogen-bond donors (Lipinski definition) is 2. The summed E-state index contributed by atoms with van der Waals surface area (Å²) < 4.78 is 4.93. The summed E-state index contributed by atoms with van der Waals surface area (Å²) in [5, 5.41) is 5.90. The van der Waals surface area contributed by atoms with E-state index in [9.17, 15) is 9.59 Å². The second-order valence-corrected chi connectivity index (χ2v) is 8.24. The van der Waals surface area contributed by atoms with Crippen molar-refractivity contribution in [3.05, 3.63) is 29.8 Å². The summed E-state index contributed by atoms with van der Waals surface area (Å²) in [5.74, 6) is 0.0180. The first-order valence-electron chi connectivity index (χ1n) is 9.89. The van der Waals surface area contributed by atoms with Crippen molar-refractivity contribution in [3.63, 3.8) is 0 Å². The SMILES string of the molecule is COCCNC(=O)CN1CCN(CC(=O)Nc2ccccc2C(C)(C)C)CC1. The number of carbonyl (C=O) groups is 2. The quantitative estimate of drug-likeness (QED) is 0.655. The molecule has 7 heteroatoms. The number of amides is 2. The van der Waals surface area contributed by atoms with E-state index in [2.05, 4.69) is 47.3 Å². The minimum absolute atomic E-state index is 0.00228. The molecule has 1 aliphatic rings. The highest BCUT2D eigenvalue weighted by Gasteiger charge is 2.22. The predicted octanol–water partition coefficient (Wildman–Crippen LogP) is 1.30. The number of benzene rings is 1. The Balaban J connectivity index is 1.76. The molecule has 0 aliphatic carbocycles. The summed E-state index contributed by atoms with van der Waals surface area (Å²) in [6.07, 6.45) is 0. The van der Waals surface area contributed by atoms with Crippen LogP contribution in [-0.2, 0) is 19.7 Å². The zero-order valence-corrected chi connectivity index (χ0v) is 17.6. The van der Waals surface area contributed by atoms with E-state index in [0.717, 1.165) is 37.4 Å². The zero-order valence-electron chi connectivity index (χ0n) is 17.6. The van der Waals surface area contributed by atoms with E-state index < -0.39 is 0 Å². The van der Waals surface area contributed by atoms with E-state index >= 15 is 0 Å². The van der Waals surface area contributed by atoms with E-state index in [1.54, 1.807) is 7.11 Å². The fourth-order valence-corrected chi connectivity index (χ4v) is 3.30. The fourth-order valence-electron chi connectivity index (χ4n) is 3.30. The molecule has 1 aromatic rings. The van der Waals surface area contributed by atoms with Crippen LogP contribution >= 0.6 is 0 Å². The number of piperazine rings is 1. The van der Waals surface area contributed by atoms with Gasteiger partial charge in [0.2, 0.25) is 11.8 Å². The maximum Gasteiger partial charge on any atom is 0.238 e. The normalized spacial score (nSPS) is 16.0. The third-order valence-electron chi connectivity index (χ3n) is 4.84. The standard InChI is InChI=1S/C21H34N4O3/c1-21(2,3)17-7-5-6-8-18(17)23-20(27)16-25-12-10-24(11-13-25)15-19(26)22-9-14-28-4/h5-8H,9-16H2,1-4H3,(H,22,26)(H,23,27). The van der Waals surface area contributed by atoms with Gasteiger partial charge in [0.15, 0.2) is 0 Å². The van der Waals surface area contributed by atoms with Crippen LogP contribution in [0.5, 0.6) is 0 Å². The molecule has 0 unspecified atom stereocenters. The average Bonchev–Trinajstić information content (AvgIpc) is 2.63. The minimum atomic E-state index is -0.0284. The Morgan fingerprint density at radius 3 is 2.14 bits per heavy atom. The Morgan fingerprint density at radius 1 is 1.00 bits per heavy atom. The molecule has 1 aliphatic heterocycles. The molecular formula is C21H34N4O3. The van der Waals surface area contributed by atoms with Gasteiger partial charge in [-0.05, 0) is 17.0 Å². The van der Waals surface area contributed by atoms with Crippen molar-refractivity contribution >= 4 is 17.5 Å². The maximum absolute atomic E-state index is 12.5. The van der Waals surface area contributed by atoms with Crippen LogP contribution in [0.2, 0.25) is 0 Å². The molecule has 7 nitrogen and oxygen atoms in total. The van der Waals surface area contributed by atoms with Crippen LogP contribution < -0.4 is 10.6 Å². The first kappa shape index (κ1) is 22.3. The zero-order chi connectivity index (χ0) is 20.6. The first-order valence-corrected chi connectivity index (χ1v) is 9.89. The Bertz CT molecular complexity index is 649. The van der Waals surface area contributed by atoms with E-state index in [1.807, 2.05) is 18.2 Å². The molecule has 0 radical (unpaired) electrons. The second-order valence-electron chi connectivity index (χ2n) is 8.24. The molecular weight excluding hydrogens is 356 g/mol. The molecule has 156 valence electrons. The van der Waals surface area contributed by atoms with Gasteiger partial charge in [0.25, 0.3) is 0 Å². The molecule has 2 rings (SSSR count). The number of anilines is 1. The smallest absolute Gasteiger partial charge is 0.238 e. The van der Waals surface area contributed by atoms with Crippen molar-refractivity contribution in [1.82, 2.24) is 15.1 Å². The molecule has 1 saturated heterocycles. The van der Waals surface area contributed by atoms with Crippen LogP contribution in [0.4, 0.5) is 5.69 Å². The molecule has 0 saturated carbocycles. The largest absolute Gasteiger partial charge is 0.383 e. The van der Waals surface area contributed by atoms with E-state index in [0.29, 0.717) is 26.2 Å². The average molecular weight is 391 g/mol. The van der Waals surface area contributed by atoms with Gasteiger partial charge >= 0.3 is 0 Å². The summed E-state index contributed by atoms with van der Waals surface area (Å²) in [6.45, 7) is 11.4. The third kappa shape index (κ3) is 7.22. The van der Waals surface area contributed by atoms with Crippen LogP contribution in [-0.4, -0.2) is 81.1 Å². The molecule has 1 heterocycles. The van der Waals surface area contributed by atoms with Crippen LogP contribution in [0.25, 0.3) is 0 Å². The molecule has 1 fully saturated rings. The molecule has 0 aromatic heterocycles. The Morgan fingerprint density at radius 2 is 1.57 bits per heavy atom. The topological polar surface area (TPSA) is 73.9 Å². The van der Waals surface area contributed by atoms with Crippen LogP contribution in [0.3, 0.4) is 0 Å². The number of para-hydroxylation sites is 1. The van der Waals surface area contributed by atoms with Crippen molar-refractivity contribution in [1.29, 1.82) is 0 Å². The van der Waals surface area contributed by atoms with Gasteiger partial charge < -0.3 is 15.4 Å². The highest BCUT2D eigenvalue weighted by molar-refractivity contribution is 5.93. The Hall–Kier alpha value is -1.96. The summed E-state index contributed by atoms with van der Waals surface area (Å²) in [7, 11) is 1.61. The monoisotopic (exact) mass is 390 g/mol. The predicted molar refractivity (Wildman–Crippen MR) is 112 cm³/mol. The number of rotatable bonds is 8. The minimum Gasteiger partial charge on any atom is -0.383 e. The summed E-state index contributed by atoms with van der Waals surface area (Å²) in [6, 6.07) is 7.97. The molecule has 2 N–H and O–H groups in total. The number of carbonyl (C=O) groups excluding carboxylic acids is 2. The second kappa shape index (κ2) is 10.5. The van der Waals surface area contributed by atoms with Gasteiger partial charge in [-0.2, -0.15) is 0 Å². The van der Waals surface area contributed by atoms with Gasteiger partial charge in [-0.3, -0.25) is 19.4 Å². The molecule has 1 aromatic carbocycles. The third-order valence-corrected chi connectivity index (χ3v) is 4.84. The summed E-state index contributed by atoms with van der Waals surface area (Å²) in [5.41, 5.74) is 1.98. The fraction of sp³-hybridized carbons (Fsp3) is 0.619. The summed E-state index contributed by atoms with van der Waals surface area (Å²) in [4.78, 5) is 28.6. The Labute approximate surface area is 168 Å². The number of nitrogens with one attached hydrogen (secondary N) is 2. The van der Waals surface area contributed by atoms with Crippen LogP contribution in [0, 0.1) is 0 Å². The number of methoxy groups -OCH3 is 1. The summed E-state index contributed by atoms with van der Waals surface area (Å²) >= 11 is 0. The van der Waals surface area contributed by atoms with Crippen molar-refractivity contribution < 1.29 is 14.3 Å². The van der Waals surface area contributed by atoms with Crippen LogP contribution in [0.1, 0.15) is 26.3 Å². The van der Waals surface area contributed by atoms with Gasteiger partial charge in [-0.15, -0.1) is 0 Å². The lowest BCUT2D eigenvalue weighted by atomic mass is 9.86. The molecule has 2 amide bonds. The number of hydrogen-bond acceptors (Lipinski definition) is 5. The van der Waals surface area contributed by atoms with E-state index in [4.69, 9.17) is 4.74 Å². The van der Waals surface area contributed by atoms with E-state index in [1.165, 1.54) is 0 Å². The number of ether oxygens (including phenoxy) is 1. The molecule has 0 spiro atoms. The van der Waals surface area contributed by atoms with Gasteiger partial charge in [0.05, 0.1) is 19.7 Å². The van der Waals surface area contributed by atoms with Gasteiger partial charge in [-0.1, -0.05) is 39.0 Å².